The summed E-state index contributed by atoms with van der Waals surface area (Å²) in [7, 11) is 0. The van der Waals surface area contributed by atoms with Gasteiger partial charge in [-0.25, -0.2) is 0 Å². The van der Waals surface area contributed by atoms with Crippen molar-refractivity contribution < 1.29 is 14.7 Å². The van der Waals surface area contributed by atoms with Gasteiger partial charge < -0.3 is 10.4 Å². The molecule has 0 unspecified atom stereocenters. The smallest absolute Gasteiger partial charge is 0.224 e. The molecule has 30 heavy (non-hydrogen) atoms. The molecule has 1 saturated heterocycles. The Kier molecular flexibility index (Phi) is 4.95. The SMILES string of the molecule is O=C1CCc2cc(C(=O)CN3C[C@@H]4C[C@](O)(Cc5ccccc5)C[C@@H]4C3)ccc2N1. The van der Waals surface area contributed by atoms with E-state index in [2.05, 4.69) is 22.3 Å². The van der Waals surface area contributed by atoms with Gasteiger partial charge in [-0.2, -0.15) is 0 Å². The minimum absolute atomic E-state index is 0.0393. The van der Waals surface area contributed by atoms with Crippen LogP contribution in [-0.2, 0) is 17.6 Å². The Morgan fingerprint density at radius 2 is 1.80 bits per heavy atom. The molecular weight excluding hydrogens is 376 g/mol. The number of nitrogens with one attached hydrogen (secondary N) is 1. The molecule has 5 rings (SSSR count). The van der Waals surface area contributed by atoms with Gasteiger partial charge >= 0.3 is 0 Å². The van der Waals surface area contributed by atoms with Crippen molar-refractivity contribution in [2.24, 2.45) is 11.8 Å². The maximum absolute atomic E-state index is 12.9. The Hall–Kier alpha value is -2.50. The molecule has 2 fully saturated rings. The highest BCUT2D eigenvalue weighted by molar-refractivity contribution is 6.00. The number of carbonyl (C=O) groups excluding carboxylic acids is 2. The summed E-state index contributed by atoms with van der Waals surface area (Å²) in [6.45, 7) is 2.19. The van der Waals surface area contributed by atoms with Crippen LogP contribution in [0.5, 0.6) is 0 Å². The predicted octanol–water partition coefficient (Wildman–Crippen LogP) is 3.07. The van der Waals surface area contributed by atoms with E-state index in [4.69, 9.17) is 0 Å². The van der Waals surface area contributed by atoms with E-state index >= 15 is 0 Å². The van der Waals surface area contributed by atoms with E-state index in [0.717, 1.165) is 42.7 Å². The van der Waals surface area contributed by atoms with Crippen LogP contribution < -0.4 is 5.32 Å². The molecule has 5 heteroatoms. The number of fused-ring (bicyclic) bond motifs is 2. The van der Waals surface area contributed by atoms with Gasteiger partial charge in [-0.3, -0.25) is 14.5 Å². The molecule has 0 spiro atoms. The number of hydrogen-bond acceptors (Lipinski definition) is 4. The fraction of sp³-hybridized carbons (Fsp3) is 0.440. The van der Waals surface area contributed by atoms with Crippen molar-refractivity contribution in [1.29, 1.82) is 0 Å². The first-order valence-corrected chi connectivity index (χ1v) is 10.9. The summed E-state index contributed by atoms with van der Waals surface area (Å²) in [5, 5.41) is 14.0. The first kappa shape index (κ1) is 19.5. The van der Waals surface area contributed by atoms with E-state index in [9.17, 15) is 14.7 Å². The summed E-state index contributed by atoms with van der Waals surface area (Å²) in [5.41, 5.74) is 3.18. The molecule has 0 radical (unpaired) electrons. The van der Waals surface area contributed by atoms with Gasteiger partial charge in [-0.1, -0.05) is 30.3 Å². The maximum Gasteiger partial charge on any atom is 0.224 e. The van der Waals surface area contributed by atoms with E-state index in [1.807, 2.05) is 36.4 Å². The van der Waals surface area contributed by atoms with Crippen LogP contribution in [0.15, 0.2) is 48.5 Å². The number of ketones is 1. The highest BCUT2D eigenvalue weighted by atomic mass is 16.3. The average molecular weight is 405 g/mol. The molecule has 2 aliphatic heterocycles. The number of anilines is 1. The standard InChI is InChI=1S/C25H28N2O3/c28-23(19-6-8-22-18(10-19)7-9-24(29)26-22)16-27-14-20-12-25(30,13-21(20)15-27)11-17-4-2-1-3-5-17/h1-6,8,10,20-21,30H,7,9,11-16H2,(H,26,29)/t20-,21+,25+. The number of carbonyl (C=O) groups is 2. The third kappa shape index (κ3) is 3.92. The van der Waals surface area contributed by atoms with Gasteiger partial charge in [-0.05, 0) is 60.4 Å². The minimum atomic E-state index is -0.615. The van der Waals surface area contributed by atoms with Gasteiger partial charge in [-0.15, -0.1) is 0 Å². The number of aryl methyl sites for hydroxylation is 1. The Morgan fingerprint density at radius 1 is 1.07 bits per heavy atom. The minimum Gasteiger partial charge on any atom is -0.390 e. The van der Waals surface area contributed by atoms with Crippen LogP contribution >= 0.6 is 0 Å². The summed E-state index contributed by atoms with van der Waals surface area (Å²) in [5.74, 6) is 1.10. The fourth-order valence-electron chi connectivity index (χ4n) is 5.66. The number of nitrogens with zero attached hydrogens (tertiary/aromatic N) is 1. The lowest BCUT2D eigenvalue weighted by atomic mass is 9.91. The van der Waals surface area contributed by atoms with E-state index < -0.39 is 5.60 Å². The highest BCUT2D eigenvalue weighted by Gasteiger charge is 2.48. The van der Waals surface area contributed by atoms with Crippen LogP contribution in [0.25, 0.3) is 0 Å². The van der Waals surface area contributed by atoms with Gasteiger partial charge in [0.2, 0.25) is 5.91 Å². The maximum atomic E-state index is 12.9. The molecule has 2 heterocycles. The Morgan fingerprint density at radius 3 is 2.53 bits per heavy atom. The second kappa shape index (κ2) is 7.64. The molecular formula is C25H28N2O3. The number of likely N-dealkylation sites (tertiary alicyclic amines) is 1. The zero-order chi connectivity index (χ0) is 20.7. The largest absolute Gasteiger partial charge is 0.390 e. The van der Waals surface area contributed by atoms with E-state index in [1.165, 1.54) is 5.56 Å². The molecule has 5 nitrogen and oxygen atoms in total. The number of Topliss-reactive ketones (excluding diaryl/α,β-unsaturated/α-hetero) is 1. The molecule has 0 aromatic heterocycles. The zero-order valence-electron chi connectivity index (χ0n) is 17.1. The molecule has 156 valence electrons. The lowest BCUT2D eigenvalue weighted by Crippen LogP contribution is -2.34. The molecule has 3 atom stereocenters. The number of amides is 1. The highest BCUT2D eigenvalue weighted by Crippen LogP contribution is 2.45. The normalized spacial score (nSPS) is 28.1. The van der Waals surface area contributed by atoms with Gasteiger partial charge in [0, 0.05) is 37.2 Å². The second-order valence-corrected chi connectivity index (χ2v) is 9.35. The van der Waals surface area contributed by atoms with Gasteiger partial charge in [0.05, 0.1) is 12.1 Å². The Bertz CT molecular complexity index is 958. The topological polar surface area (TPSA) is 69.6 Å². The average Bonchev–Trinajstić information content (AvgIpc) is 3.21. The van der Waals surface area contributed by atoms with Gasteiger partial charge in [0.15, 0.2) is 5.78 Å². The number of aliphatic hydroxyl groups is 1. The van der Waals surface area contributed by atoms with Crippen LogP contribution in [0.4, 0.5) is 5.69 Å². The molecule has 2 aromatic carbocycles. The van der Waals surface area contributed by atoms with E-state index in [1.54, 1.807) is 0 Å². The molecule has 0 bridgehead atoms. The Labute approximate surface area is 177 Å². The van der Waals surface area contributed by atoms with Crippen molar-refractivity contribution >= 4 is 17.4 Å². The van der Waals surface area contributed by atoms with Crippen molar-refractivity contribution in [1.82, 2.24) is 4.90 Å². The molecule has 1 saturated carbocycles. The van der Waals surface area contributed by atoms with Gasteiger partial charge in [0.25, 0.3) is 0 Å². The third-order valence-corrected chi connectivity index (χ3v) is 7.00. The second-order valence-electron chi connectivity index (χ2n) is 9.35. The zero-order valence-corrected chi connectivity index (χ0v) is 17.1. The lowest BCUT2D eigenvalue weighted by molar-refractivity contribution is -0.116. The first-order chi connectivity index (χ1) is 14.5. The van der Waals surface area contributed by atoms with E-state index in [-0.39, 0.29) is 11.7 Å². The van der Waals surface area contributed by atoms with Crippen LogP contribution in [0, 0.1) is 11.8 Å². The molecule has 2 N–H and O–H groups in total. The van der Waals surface area contributed by atoms with Crippen LogP contribution in [0.3, 0.4) is 0 Å². The predicted molar refractivity (Wildman–Crippen MR) is 115 cm³/mol. The summed E-state index contributed by atoms with van der Waals surface area (Å²) >= 11 is 0. The van der Waals surface area contributed by atoms with Crippen molar-refractivity contribution in [2.75, 3.05) is 25.0 Å². The summed E-state index contributed by atoms with van der Waals surface area (Å²) in [6.07, 6.45) is 3.51. The van der Waals surface area contributed by atoms with E-state index in [0.29, 0.717) is 37.6 Å². The fourth-order valence-corrected chi connectivity index (χ4v) is 5.66. The lowest BCUT2D eigenvalue weighted by Gasteiger charge is -2.26. The summed E-state index contributed by atoms with van der Waals surface area (Å²) < 4.78 is 0. The van der Waals surface area contributed by atoms with Crippen molar-refractivity contribution in [3.8, 4) is 0 Å². The van der Waals surface area contributed by atoms with Crippen molar-refractivity contribution in [3.05, 3.63) is 65.2 Å². The molecule has 2 aromatic rings. The number of rotatable bonds is 5. The number of benzene rings is 2. The summed E-state index contributed by atoms with van der Waals surface area (Å²) in [4.78, 5) is 26.6. The quantitative estimate of drug-likeness (QED) is 0.752. The summed E-state index contributed by atoms with van der Waals surface area (Å²) in [6, 6.07) is 15.8. The van der Waals surface area contributed by atoms with Crippen LogP contribution in [-0.4, -0.2) is 46.9 Å². The van der Waals surface area contributed by atoms with Gasteiger partial charge in [0.1, 0.15) is 0 Å². The molecule has 3 aliphatic rings. The van der Waals surface area contributed by atoms with Crippen molar-refractivity contribution in [3.63, 3.8) is 0 Å². The monoisotopic (exact) mass is 404 g/mol. The first-order valence-electron chi connectivity index (χ1n) is 10.9. The van der Waals surface area contributed by atoms with Crippen LogP contribution in [0.2, 0.25) is 0 Å². The molecule has 1 aliphatic carbocycles. The van der Waals surface area contributed by atoms with Crippen LogP contribution in [0.1, 0.15) is 40.7 Å². The van der Waals surface area contributed by atoms with Crippen molar-refractivity contribution in [2.45, 2.75) is 37.7 Å². The molecule has 1 amide bonds. The Balaban J connectivity index is 1.18. The third-order valence-electron chi connectivity index (χ3n) is 7.00. The number of hydrogen-bond donors (Lipinski definition) is 2.